The van der Waals surface area contributed by atoms with Gasteiger partial charge in [0.15, 0.2) is 0 Å². The van der Waals surface area contributed by atoms with Crippen LogP contribution in [0, 0.1) is 25.2 Å². The number of halogens is 3. The first-order valence-corrected chi connectivity index (χ1v) is 13.4. The highest BCUT2D eigenvalue weighted by molar-refractivity contribution is 5.89. The van der Waals surface area contributed by atoms with E-state index in [9.17, 15) is 33.1 Å². The van der Waals surface area contributed by atoms with Crippen molar-refractivity contribution in [2.75, 3.05) is 18.5 Å². The van der Waals surface area contributed by atoms with Gasteiger partial charge < -0.3 is 30.2 Å². The van der Waals surface area contributed by atoms with Crippen LogP contribution in [-0.2, 0) is 12.7 Å². The minimum absolute atomic E-state index is 0.00642. The van der Waals surface area contributed by atoms with Gasteiger partial charge in [0.2, 0.25) is 0 Å². The number of hydrogen-bond acceptors (Lipinski definition) is 6. The molecule has 1 atom stereocenters. The number of benzene rings is 3. The van der Waals surface area contributed by atoms with E-state index in [0.29, 0.717) is 22.7 Å². The average Bonchev–Trinajstić information content (AvgIpc) is 2.98. The van der Waals surface area contributed by atoms with Crippen LogP contribution < -0.4 is 20.9 Å². The number of aromatic nitrogens is 1. The van der Waals surface area contributed by atoms with Crippen LogP contribution >= 0.6 is 0 Å². The number of carbonyl (C=O) groups is 1. The van der Waals surface area contributed by atoms with E-state index in [1.807, 2.05) is 26.0 Å². The molecule has 2 amide bonds. The topological polar surface area (TPSA) is 137 Å². The summed E-state index contributed by atoms with van der Waals surface area (Å²) in [6.45, 7) is 3.11. The number of anilines is 1. The van der Waals surface area contributed by atoms with Crippen molar-refractivity contribution in [2.24, 2.45) is 0 Å². The molecule has 0 saturated heterocycles. The lowest BCUT2D eigenvalue weighted by molar-refractivity contribution is -0.137. The second-order valence-corrected chi connectivity index (χ2v) is 10.1. The van der Waals surface area contributed by atoms with Crippen LogP contribution in [0.5, 0.6) is 11.5 Å². The molecule has 4 aromatic rings. The third-order valence-corrected chi connectivity index (χ3v) is 6.75. The molecule has 0 aliphatic heterocycles. The molecule has 1 unspecified atom stereocenters. The van der Waals surface area contributed by atoms with Gasteiger partial charge in [-0.3, -0.25) is 4.79 Å². The quantitative estimate of drug-likeness (QED) is 0.203. The first-order chi connectivity index (χ1) is 20.9. The van der Waals surface area contributed by atoms with Crippen molar-refractivity contribution < 1.29 is 32.9 Å². The number of aliphatic hydroxyl groups excluding tert-OH is 2. The number of aliphatic hydroxyl groups is 2. The Balaban J connectivity index is 1.60. The highest BCUT2D eigenvalue weighted by Gasteiger charge is 2.36. The summed E-state index contributed by atoms with van der Waals surface area (Å²) < 4.78 is 48.7. The molecule has 9 nitrogen and oxygen atoms in total. The molecule has 44 heavy (non-hydrogen) atoms. The lowest BCUT2D eigenvalue weighted by Crippen LogP contribution is -2.36. The fraction of sp³-hybridized carbons (Fsp3) is 0.219. The summed E-state index contributed by atoms with van der Waals surface area (Å²) in [5, 5.41) is 32.6. The van der Waals surface area contributed by atoms with Crippen LogP contribution in [-0.4, -0.2) is 40.1 Å². The molecule has 4 N–H and O–H groups in total. The Labute approximate surface area is 250 Å². The van der Waals surface area contributed by atoms with E-state index in [4.69, 9.17) is 9.84 Å². The molecule has 4 rings (SSSR count). The Morgan fingerprint density at radius 1 is 1.02 bits per heavy atom. The van der Waals surface area contributed by atoms with Crippen molar-refractivity contribution >= 4 is 11.7 Å². The van der Waals surface area contributed by atoms with Gasteiger partial charge in [-0.25, -0.2) is 4.79 Å². The number of nitriles is 1. The molecule has 3 aromatic carbocycles. The predicted octanol–water partition coefficient (Wildman–Crippen LogP) is 5.34. The second kappa shape index (κ2) is 13.5. The zero-order chi connectivity index (χ0) is 32.0. The Morgan fingerprint density at radius 2 is 1.66 bits per heavy atom. The number of pyridine rings is 1. The Bertz CT molecular complexity index is 1740. The van der Waals surface area contributed by atoms with Crippen molar-refractivity contribution in [3.63, 3.8) is 0 Å². The maximum atomic E-state index is 13.9. The highest BCUT2D eigenvalue weighted by Crippen LogP contribution is 2.34. The zero-order valence-electron chi connectivity index (χ0n) is 23.8. The first kappa shape index (κ1) is 31.8. The maximum absolute atomic E-state index is 13.9. The smallest absolute Gasteiger partial charge is 0.417 e. The third kappa shape index (κ3) is 7.63. The number of urea groups is 1. The van der Waals surface area contributed by atoms with E-state index in [1.54, 1.807) is 42.5 Å². The van der Waals surface area contributed by atoms with Gasteiger partial charge in [-0.2, -0.15) is 18.4 Å². The largest absolute Gasteiger partial charge is 0.457 e. The van der Waals surface area contributed by atoms with E-state index in [-0.39, 0.29) is 18.8 Å². The van der Waals surface area contributed by atoms with Gasteiger partial charge in [-0.05, 0) is 85.1 Å². The van der Waals surface area contributed by atoms with Crippen molar-refractivity contribution in [3.05, 3.63) is 111 Å². The molecule has 228 valence electrons. The minimum atomic E-state index is -4.91. The molecule has 0 aliphatic carbocycles. The van der Waals surface area contributed by atoms with Gasteiger partial charge in [-0.1, -0.05) is 23.8 Å². The van der Waals surface area contributed by atoms with Crippen LogP contribution in [0.25, 0.3) is 11.3 Å². The van der Waals surface area contributed by atoms with Crippen LogP contribution in [0.3, 0.4) is 0 Å². The van der Waals surface area contributed by atoms with Crippen LogP contribution in [0.2, 0.25) is 0 Å². The van der Waals surface area contributed by atoms with E-state index in [2.05, 4.69) is 10.6 Å². The Kier molecular flexibility index (Phi) is 9.73. The number of rotatable bonds is 9. The van der Waals surface area contributed by atoms with Crippen molar-refractivity contribution in [1.29, 1.82) is 5.26 Å². The summed E-state index contributed by atoms with van der Waals surface area (Å²) >= 11 is 0. The van der Waals surface area contributed by atoms with E-state index in [1.165, 1.54) is 22.8 Å². The average molecular weight is 607 g/mol. The molecule has 0 aliphatic rings. The molecule has 12 heteroatoms. The number of carbonyl (C=O) groups excluding carboxylic acids is 1. The van der Waals surface area contributed by atoms with Gasteiger partial charge >= 0.3 is 12.2 Å². The van der Waals surface area contributed by atoms with Gasteiger partial charge in [0, 0.05) is 12.2 Å². The number of hydrogen-bond donors (Lipinski definition) is 4. The molecule has 0 bridgehead atoms. The summed E-state index contributed by atoms with van der Waals surface area (Å²) in [5.74, 6) is 0.766. The molecule has 1 aromatic heterocycles. The lowest BCUT2D eigenvalue weighted by Gasteiger charge is -2.19. The normalized spacial score (nSPS) is 11.9. The third-order valence-electron chi connectivity index (χ3n) is 6.75. The molecule has 0 radical (unpaired) electrons. The fourth-order valence-electron chi connectivity index (χ4n) is 4.45. The lowest BCUT2D eigenvalue weighted by atomic mass is 10.0. The number of nitrogens with zero attached hydrogens (tertiary/aromatic N) is 2. The van der Waals surface area contributed by atoms with Gasteiger partial charge in [0.25, 0.3) is 5.56 Å². The molecular formula is C32H29F3N4O5. The molecular weight excluding hydrogens is 577 g/mol. The van der Waals surface area contributed by atoms with E-state index in [0.717, 1.165) is 22.8 Å². The summed E-state index contributed by atoms with van der Waals surface area (Å²) in [5.41, 5.74) is 0.00256. The molecule has 0 fully saturated rings. The maximum Gasteiger partial charge on any atom is 0.417 e. The summed E-state index contributed by atoms with van der Waals surface area (Å²) in [6, 6.07) is 19.7. The van der Waals surface area contributed by atoms with Crippen molar-refractivity contribution in [3.8, 4) is 28.8 Å². The van der Waals surface area contributed by atoms with E-state index >= 15 is 0 Å². The van der Waals surface area contributed by atoms with E-state index < -0.39 is 41.6 Å². The van der Waals surface area contributed by atoms with Crippen molar-refractivity contribution in [2.45, 2.75) is 32.7 Å². The number of nitrogens with one attached hydrogen (secondary N) is 2. The molecule has 0 spiro atoms. The second-order valence-electron chi connectivity index (χ2n) is 10.1. The SMILES string of the molecule is Cc1ccc(Cn2c(-c3ccc(Oc4ccc(NC(=O)NCC(O)CO)cc4)cc3)cc(C(F)(F)F)c(C#N)c2=O)c(C)c1. The Hall–Kier alpha value is -5.12. The zero-order valence-corrected chi connectivity index (χ0v) is 23.8. The summed E-state index contributed by atoms with van der Waals surface area (Å²) in [4.78, 5) is 25.2. The van der Waals surface area contributed by atoms with Gasteiger partial charge in [-0.15, -0.1) is 0 Å². The number of aryl methyl sites for hydroxylation is 2. The molecule has 0 saturated carbocycles. The summed E-state index contributed by atoms with van der Waals surface area (Å²) in [6.07, 6.45) is -5.99. The van der Waals surface area contributed by atoms with Crippen molar-refractivity contribution in [1.82, 2.24) is 9.88 Å². The predicted molar refractivity (Wildman–Crippen MR) is 158 cm³/mol. The summed E-state index contributed by atoms with van der Waals surface area (Å²) in [7, 11) is 0. The van der Waals surface area contributed by atoms with Crippen LogP contribution in [0.15, 0.2) is 77.6 Å². The number of ether oxygens (including phenoxy) is 1. The standard InChI is InChI=1S/C32H29F3N4O5/c1-19-3-4-22(20(2)13-19)17-39-29(14-28(32(33,34)35)27(15-36)30(39)42)21-5-9-25(10-6-21)44-26-11-7-23(8-12-26)38-31(43)37-16-24(41)18-40/h3-14,24,40-41H,16-18H2,1-2H3,(H2,37,38,43). The van der Waals surface area contributed by atoms with Gasteiger partial charge in [0.05, 0.1) is 30.5 Å². The molecule has 1 heterocycles. The number of alkyl halides is 3. The van der Waals surface area contributed by atoms with Crippen LogP contribution in [0.4, 0.5) is 23.7 Å². The highest BCUT2D eigenvalue weighted by atomic mass is 19.4. The first-order valence-electron chi connectivity index (χ1n) is 13.4. The van der Waals surface area contributed by atoms with Crippen LogP contribution in [0.1, 0.15) is 27.8 Å². The van der Waals surface area contributed by atoms with Gasteiger partial charge in [0.1, 0.15) is 23.1 Å². The number of amides is 2. The minimum Gasteiger partial charge on any atom is -0.457 e. The monoisotopic (exact) mass is 606 g/mol. The Morgan fingerprint density at radius 3 is 2.23 bits per heavy atom. The fourth-order valence-corrected chi connectivity index (χ4v) is 4.45.